The Morgan fingerprint density at radius 3 is 0.917 bits per heavy atom. The molecule has 0 atom stereocenters. The lowest BCUT2D eigenvalue weighted by molar-refractivity contribution is -0.278. The van der Waals surface area contributed by atoms with E-state index in [-0.39, 0.29) is 6.92 Å². The van der Waals surface area contributed by atoms with E-state index in [1.165, 1.54) is 0 Å². The molecular weight excluding hydrogens is 186 g/mol. The van der Waals surface area contributed by atoms with Gasteiger partial charge in [0.15, 0.2) is 0 Å². The molecule has 0 spiro atoms. The van der Waals surface area contributed by atoms with E-state index in [1.807, 2.05) is 13.8 Å². The summed E-state index contributed by atoms with van der Waals surface area (Å²) in [5, 5.41) is 0. The van der Waals surface area contributed by atoms with Crippen molar-refractivity contribution in [2.75, 3.05) is 0 Å². The molecule has 0 heterocycles. The Labute approximate surface area is 66.6 Å². The fraction of sp³-hybridized carbons (Fsp3) is 1.00. The van der Waals surface area contributed by atoms with Crippen molar-refractivity contribution < 1.29 is 26.3 Å². The number of hydrogen-bond donors (Lipinski definition) is 0. The van der Waals surface area contributed by atoms with Crippen LogP contribution in [0.5, 0.6) is 0 Å². The van der Waals surface area contributed by atoms with Crippen LogP contribution in [0, 0.1) is 5.92 Å². The molecule has 0 radical (unpaired) electrons. The standard InChI is InChI=1S/C4H4F6.C2H6/c1-2(3(5,6)7)4(8,9)10;1-2/h2H,1H3;1-2H3. The molecule has 0 saturated heterocycles. The second kappa shape index (κ2) is 4.57. The van der Waals surface area contributed by atoms with Gasteiger partial charge in [0.25, 0.3) is 0 Å². The van der Waals surface area contributed by atoms with Gasteiger partial charge in [0.05, 0.1) is 0 Å². The summed E-state index contributed by atoms with van der Waals surface area (Å²) >= 11 is 0. The van der Waals surface area contributed by atoms with Crippen molar-refractivity contribution in [3.8, 4) is 0 Å². The first-order chi connectivity index (χ1) is 5.15. The number of halogens is 6. The normalized spacial score (nSPS) is 12.5. The van der Waals surface area contributed by atoms with Gasteiger partial charge in [-0.2, -0.15) is 26.3 Å². The summed E-state index contributed by atoms with van der Waals surface area (Å²) in [6, 6.07) is 0. The summed E-state index contributed by atoms with van der Waals surface area (Å²) < 4.78 is 67.4. The summed E-state index contributed by atoms with van der Waals surface area (Å²) in [6.45, 7) is 4.08. The Bertz CT molecular complexity index is 96.2. The third-order valence-electron chi connectivity index (χ3n) is 0.982. The van der Waals surface area contributed by atoms with Crippen molar-refractivity contribution in [1.29, 1.82) is 0 Å². The Kier molecular flexibility index (Phi) is 5.38. The molecule has 0 aromatic carbocycles. The van der Waals surface area contributed by atoms with Gasteiger partial charge in [0.1, 0.15) is 5.92 Å². The smallest absolute Gasteiger partial charge is 0.170 e. The maximum atomic E-state index is 11.2. The molecule has 6 heteroatoms. The van der Waals surface area contributed by atoms with E-state index in [9.17, 15) is 26.3 Å². The third kappa shape index (κ3) is 5.26. The highest BCUT2D eigenvalue weighted by molar-refractivity contribution is 4.69. The van der Waals surface area contributed by atoms with E-state index in [1.54, 1.807) is 0 Å². The fourth-order valence-electron chi connectivity index (χ4n) is 0.186. The van der Waals surface area contributed by atoms with E-state index < -0.39 is 18.3 Å². The van der Waals surface area contributed by atoms with E-state index in [0.717, 1.165) is 0 Å². The maximum Gasteiger partial charge on any atom is 0.400 e. The maximum absolute atomic E-state index is 11.2. The lowest BCUT2D eigenvalue weighted by Crippen LogP contribution is -2.33. The molecule has 0 bridgehead atoms. The number of rotatable bonds is 0. The number of hydrogen-bond acceptors (Lipinski definition) is 0. The second-order valence-corrected chi connectivity index (χ2v) is 1.80. The van der Waals surface area contributed by atoms with Gasteiger partial charge in [-0.1, -0.05) is 13.8 Å². The SMILES string of the molecule is CC.CC(C(F)(F)F)C(F)(F)F. The molecule has 0 amide bonds. The third-order valence-corrected chi connectivity index (χ3v) is 0.982. The minimum absolute atomic E-state index is 0.0833. The molecule has 0 rings (SSSR count). The zero-order valence-corrected chi connectivity index (χ0v) is 6.85. The minimum atomic E-state index is -5.18. The van der Waals surface area contributed by atoms with Crippen LogP contribution in [-0.2, 0) is 0 Å². The fourth-order valence-corrected chi connectivity index (χ4v) is 0.186. The lowest BCUT2D eigenvalue weighted by atomic mass is 10.2. The molecule has 12 heavy (non-hydrogen) atoms. The van der Waals surface area contributed by atoms with Gasteiger partial charge >= 0.3 is 12.4 Å². The van der Waals surface area contributed by atoms with Crippen LogP contribution >= 0.6 is 0 Å². The van der Waals surface area contributed by atoms with E-state index in [2.05, 4.69) is 0 Å². The van der Waals surface area contributed by atoms with Gasteiger partial charge in [-0.05, 0) is 6.92 Å². The topological polar surface area (TPSA) is 0 Å². The molecule has 0 aromatic rings. The summed E-state index contributed by atoms with van der Waals surface area (Å²) in [5.74, 6) is -3.24. The molecule has 0 fully saturated rings. The molecule has 0 aliphatic rings. The van der Waals surface area contributed by atoms with Gasteiger partial charge in [-0.3, -0.25) is 0 Å². The van der Waals surface area contributed by atoms with Crippen LogP contribution in [0.25, 0.3) is 0 Å². The van der Waals surface area contributed by atoms with Gasteiger partial charge in [0.2, 0.25) is 0 Å². The highest BCUT2D eigenvalue weighted by Crippen LogP contribution is 2.38. The van der Waals surface area contributed by atoms with Crippen LogP contribution in [0.15, 0.2) is 0 Å². The summed E-state index contributed by atoms with van der Waals surface area (Å²) in [7, 11) is 0. The van der Waals surface area contributed by atoms with Crippen LogP contribution in [0.3, 0.4) is 0 Å². The highest BCUT2D eigenvalue weighted by atomic mass is 19.4. The van der Waals surface area contributed by atoms with Gasteiger partial charge in [-0.15, -0.1) is 0 Å². The van der Waals surface area contributed by atoms with Crippen molar-refractivity contribution in [1.82, 2.24) is 0 Å². The average molecular weight is 196 g/mol. The van der Waals surface area contributed by atoms with E-state index in [4.69, 9.17) is 0 Å². The first-order valence-corrected chi connectivity index (χ1v) is 3.29. The summed E-state index contributed by atoms with van der Waals surface area (Å²) in [6.07, 6.45) is -10.4. The summed E-state index contributed by atoms with van der Waals surface area (Å²) in [5.41, 5.74) is 0. The van der Waals surface area contributed by atoms with Crippen molar-refractivity contribution in [3.05, 3.63) is 0 Å². The Hall–Kier alpha value is -0.420. The Morgan fingerprint density at radius 1 is 0.750 bits per heavy atom. The zero-order valence-electron chi connectivity index (χ0n) is 6.85. The second-order valence-electron chi connectivity index (χ2n) is 1.80. The lowest BCUT2D eigenvalue weighted by Gasteiger charge is -2.17. The van der Waals surface area contributed by atoms with Crippen molar-refractivity contribution in [2.24, 2.45) is 5.92 Å². The van der Waals surface area contributed by atoms with Gasteiger partial charge in [-0.25, -0.2) is 0 Å². The van der Waals surface area contributed by atoms with E-state index >= 15 is 0 Å². The quantitative estimate of drug-likeness (QED) is 0.517. The van der Waals surface area contributed by atoms with Crippen LogP contribution in [0.4, 0.5) is 26.3 Å². The Balaban J connectivity index is 0. The first-order valence-electron chi connectivity index (χ1n) is 3.29. The van der Waals surface area contributed by atoms with Crippen molar-refractivity contribution >= 4 is 0 Å². The van der Waals surface area contributed by atoms with Crippen molar-refractivity contribution in [3.63, 3.8) is 0 Å². The first kappa shape index (κ1) is 14.1. The summed E-state index contributed by atoms with van der Waals surface area (Å²) in [4.78, 5) is 0. The predicted octanol–water partition coefficient (Wildman–Crippen LogP) is 3.77. The van der Waals surface area contributed by atoms with Crippen molar-refractivity contribution in [2.45, 2.75) is 33.1 Å². The van der Waals surface area contributed by atoms with E-state index in [0.29, 0.717) is 0 Å². The Morgan fingerprint density at radius 2 is 0.917 bits per heavy atom. The van der Waals surface area contributed by atoms with Gasteiger partial charge in [0, 0.05) is 0 Å². The van der Waals surface area contributed by atoms with Crippen LogP contribution < -0.4 is 0 Å². The monoisotopic (exact) mass is 196 g/mol. The average Bonchev–Trinajstić information content (AvgIpc) is 1.87. The van der Waals surface area contributed by atoms with Crippen LogP contribution in [0.1, 0.15) is 20.8 Å². The molecule has 0 unspecified atom stereocenters. The van der Waals surface area contributed by atoms with Gasteiger partial charge < -0.3 is 0 Å². The molecule has 0 N–H and O–H groups in total. The molecule has 0 saturated carbocycles. The molecule has 0 nitrogen and oxygen atoms in total. The highest BCUT2D eigenvalue weighted by Gasteiger charge is 2.53. The zero-order chi connectivity index (χ0) is 10.6. The largest absolute Gasteiger partial charge is 0.400 e. The molecular formula is C6H10F6. The molecule has 0 aliphatic carbocycles. The molecule has 0 aromatic heterocycles. The number of alkyl halides is 6. The minimum Gasteiger partial charge on any atom is -0.170 e. The van der Waals surface area contributed by atoms with Crippen LogP contribution in [0.2, 0.25) is 0 Å². The van der Waals surface area contributed by atoms with Crippen LogP contribution in [-0.4, -0.2) is 12.4 Å². The predicted molar refractivity (Wildman–Crippen MR) is 32.6 cm³/mol. The molecule has 0 aliphatic heterocycles. The molecule has 76 valence electrons.